The monoisotopic (exact) mass is 445 g/mol. The zero-order chi connectivity index (χ0) is 23.1. The number of nitrogens with two attached hydrogens (primary N) is 2. The first kappa shape index (κ1) is 24.3. The van der Waals surface area contributed by atoms with Crippen molar-refractivity contribution in [1.82, 2.24) is 9.69 Å². The van der Waals surface area contributed by atoms with Crippen molar-refractivity contribution < 1.29 is 14.4 Å². The second-order valence-corrected chi connectivity index (χ2v) is 8.70. The molecule has 2 aromatic rings. The number of primary amides is 1. The van der Waals surface area contributed by atoms with Crippen molar-refractivity contribution in [3.63, 3.8) is 0 Å². The highest BCUT2D eigenvalue weighted by molar-refractivity contribution is 7.09. The summed E-state index contributed by atoms with van der Waals surface area (Å²) < 4.78 is 3.94. The van der Waals surface area contributed by atoms with Crippen molar-refractivity contribution in [3.05, 3.63) is 40.4 Å². The van der Waals surface area contributed by atoms with Crippen LogP contribution in [0.15, 0.2) is 24.3 Å². The Bertz CT molecular complexity index is 924. The third-order valence-corrected chi connectivity index (χ3v) is 5.73. The predicted octanol–water partition coefficient (Wildman–Crippen LogP) is 3.11. The Morgan fingerprint density at radius 2 is 1.81 bits per heavy atom. The maximum Gasteiger partial charge on any atom is 0.272 e. The molecule has 1 heterocycles. The summed E-state index contributed by atoms with van der Waals surface area (Å²) in [7, 11) is 0. The summed E-state index contributed by atoms with van der Waals surface area (Å²) in [5.74, 6) is -1.06. The molecule has 1 unspecified atom stereocenters. The lowest BCUT2D eigenvalue weighted by Gasteiger charge is -2.31. The first-order valence-corrected chi connectivity index (χ1v) is 11.2. The number of aromatic nitrogens is 1. The van der Waals surface area contributed by atoms with Crippen LogP contribution in [0.25, 0.3) is 0 Å². The lowest BCUT2D eigenvalue weighted by Crippen LogP contribution is -2.50. The number of nitrogens with zero attached hydrogens (tertiary/aromatic N) is 2. The Morgan fingerprint density at radius 1 is 1.16 bits per heavy atom. The van der Waals surface area contributed by atoms with E-state index in [1.165, 1.54) is 4.90 Å². The summed E-state index contributed by atoms with van der Waals surface area (Å²) in [4.78, 5) is 39.8. The lowest BCUT2D eigenvalue weighted by molar-refractivity contribution is -0.122. The van der Waals surface area contributed by atoms with Crippen LogP contribution >= 0.6 is 11.5 Å². The van der Waals surface area contributed by atoms with Crippen LogP contribution < -0.4 is 21.7 Å². The Morgan fingerprint density at radius 3 is 2.32 bits per heavy atom. The molecule has 0 saturated carbocycles. The van der Waals surface area contributed by atoms with Gasteiger partial charge >= 0.3 is 0 Å². The number of rotatable bonds is 10. The van der Waals surface area contributed by atoms with E-state index in [1.54, 1.807) is 12.1 Å². The number of carbonyl (C=O) groups is 3. The van der Waals surface area contributed by atoms with E-state index in [9.17, 15) is 14.4 Å². The molecule has 0 bridgehead atoms. The second kappa shape index (κ2) is 10.9. The maximum atomic E-state index is 13.6. The minimum Gasteiger partial charge on any atom is -0.395 e. The summed E-state index contributed by atoms with van der Waals surface area (Å²) >= 11 is 0.809. The van der Waals surface area contributed by atoms with Gasteiger partial charge in [-0.15, -0.1) is 0 Å². The van der Waals surface area contributed by atoms with Crippen LogP contribution in [0.1, 0.15) is 65.8 Å². The van der Waals surface area contributed by atoms with E-state index in [0.717, 1.165) is 23.5 Å². The van der Waals surface area contributed by atoms with Gasteiger partial charge in [0.25, 0.3) is 11.8 Å². The molecule has 9 heteroatoms. The van der Waals surface area contributed by atoms with Gasteiger partial charge in [-0.2, -0.15) is 4.37 Å². The summed E-state index contributed by atoms with van der Waals surface area (Å²) in [5, 5.41) is 2.95. The van der Waals surface area contributed by atoms with Crippen molar-refractivity contribution in [2.45, 2.75) is 53.0 Å². The molecule has 0 aliphatic heterocycles. The fourth-order valence-electron chi connectivity index (χ4n) is 3.14. The van der Waals surface area contributed by atoms with Gasteiger partial charge in [-0.1, -0.05) is 44.9 Å². The first-order chi connectivity index (χ1) is 14.7. The van der Waals surface area contributed by atoms with E-state index in [2.05, 4.69) is 23.5 Å². The molecule has 0 fully saturated rings. The normalized spacial score (nSPS) is 11.9. The SMILES string of the molecule is CCCC(C(=O)NCCC(C)C)N(C(=O)c1snc(C(N)=O)c1N)c1ccc(C)cc1. The van der Waals surface area contributed by atoms with Crippen molar-refractivity contribution in [3.8, 4) is 0 Å². The average Bonchev–Trinajstić information content (AvgIpc) is 3.10. The van der Waals surface area contributed by atoms with E-state index in [4.69, 9.17) is 11.5 Å². The third-order valence-electron chi connectivity index (χ3n) is 4.88. The Hall–Kier alpha value is -2.94. The predicted molar refractivity (Wildman–Crippen MR) is 124 cm³/mol. The fourth-order valence-corrected chi connectivity index (χ4v) is 3.88. The van der Waals surface area contributed by atoms with Crippen molar-refractivity contribution in [2.24, 2.45) is 11.7 Å². The van der Waals surface area contributed by atoms with E-state index in [-0.39, 0.29) is 22.2 Å². The minimum atomic E-state index is -0.800. The topological polar surface area (TPSA) is 131 Å². The molecule has 8 nitrogen and oxygen atoms in total. The number of aryl methyl sites for hydroxylation is 1. The van der Waals surface area contributed by atoms with Crippen LogP contribution in [-0.4, -0.2) is 34.7 Å². The molecular weight excluding hydrogens is 414 g/mol. The van der Waals surface area contributed by atoms with E-state index >= 15 is 0 Å². The molecule has 1 atom stereocenters. The van der Waals surface area contributed by atoms with Gasteiger partial charge < -0.3 is 16.8 Å². The number of benzene rings is 1. The van der Waals surface area contributed by atoms with E-state index < -0.39 is 17.9 Å². The van der Waals surface area contributed by atoms with Crippen molar-refractivity contribution in [1.29, 1.82) is 0 Å². The van der Waals surface area contributed by atoms with Gasteiger partial charge in [-0.3, -0.25) is 19.3 Å². The zero-order valence-electron chi connectivity index (χ0n) is 18.5. The summed E-state index contributed by atoms with van der Waals surface area (Å²) in [6.07, 6.45) is 2.00. The van der Waals surface area contributed by atoms with Crippen LogP contribution in [0, 0.1) is 12.8 Å². The molecule has 0 aliphatic rings. The summed E-state index contributed by atoms with van der Waals surface area (Å²) in [5.41, 5.74) is 12.7. The molecule has 5 N–H and O–H groups in total. The standard InChI is InChI=1S/C22H31N5O3S/c1-5-6-16(21(29)25-12-11-13(2)3)27(15-9-7-14(4)8-10-15)22(30)19-17(23)18(20(24)28)26-31-19/h7-10,13,16H,5-6,11-12,23H2,1-4H3,(H2,24,28)(H,25,29). The van der Waals surface area contributed by atoms with Crippen LogP contribution in [-0.2, 0) is 4.79 Å². The highest BCUT2D eigenvalue weighted by Crippen LogP contribution is 2.29. The van der Waals surface area contributed by atoms with Crippen molar-refractivity contribution >= 4 is 40.6 Å². The summed E-state index contributed by atoms with van der Waals surface area (Å²) in [6.45, 7) is 8.60. The van der Waals surface area contributed by atoms with Gasteiger partial charge in [0.1, 0.15) is 10.9 Å². The van der Waals surface area contributed by atoms with Gasteiger partial charge in [0.2, 0.25) is 5.91 Å². The molecule has 1 aromatic carbocycles. The van der Waals surface area contributed by atoms with Crippen LogP contribution in [0.5, 0.6) is 0 Å². The molecular formula is C22H31N5O3S. The first-order valence-electron chi connectivity index (χ1n) is 10.4. The molecule has 0 radical (unpaired) electrons. The van der Waals surface area contributed by atoms with Gasteiger partial charge in [0.05, 0.1) is 5.69 Å². The average molecular weight is 446 g/mol. The Labute approximate surface area is 187 Å². The van der Waals surface area contributed by atoms with Gasteiger partial charge in [-0.05, 0) is 49.3 Å². The number of hydrogen-bond acceptors (Lipinski definition) is 6. The van der Waals surface area contributed by atoms with Gasteiger partial charge in [0, 0.05) is 12.2 Å². The number of amides is 3. The molecule has 2 rings (SSSR count). The lowest BCUT2D eigenvalue weighted by atomic mass is 10.1. The number of carbonyl (C=O) groups excluding carboxylic acids is 3. The van der Waals surface area contributed by atoms with Gasteiger partial charge in [0.15, 0.2) is 5.69 Å². The molecule has 3 amide bonds. The molecule has 31 heavy (non-hydrogen) atoms. The van der Waals surface area contributed by atoms with E-state index in [0.29, 0.717) is 31.0 Å². The van der Waals surface area contributed by atoms with E-state index in [1.807, 2.05) is 26.0 Å². The number of nitrogens with one attached hydrogen (secondary N) is 1. The second-order valence-electron chi connectivity index (χ2n) is 7.93. The molecule has 0 saturated heterocycles. The largest absolute Gasteiger partial charge is 0.395 e. The van der Waals surface area contributed by atoms with Gasteiger partial charge in [-0.25, -0.2) is 0 Å². The minimum absolute atomic E-state index is 0.0601. The number of anilines is 2. The zero-order valence-corrected chi connectivity index (χ0v) is 19.3. The fraction of sp³-hybridized carbons (Fsp3) is 0.455. The Balaban J connectivity index is 2.47. The highest BCUT2D eigenvalue weighted by atomic mass is 32.1. The molecule has 1 aromatic heterocycles. The summed E-state index contributed by atoms with van der Waals surface area (Å²) in [6, 6.07) is 6.61. The number of hydrogen-bond donors (Lipinski definition) is 3. The molecule has 0 spiro atoms. The molecule has 168 valence electrons. The van der Waals surface area contributed by atoms with Crippen molar-refractivity contribution in [2.75, 3.05) is 17.2 Å². The number of nitrogen functional groups attached to an aromatic ring is 1. The van der Waals surface area contributed by atoms with Crippen LogP contribution in [0.3, 0.4) is 0 Å². The van der Waals surface area contributed by atoms with Crippen LogP contribution in [0.2, 0.25) is 0 Å². The van der Waals surface area contributed by atoms with Crippen LogP contribution in [0.4, 0.5) is 11.4 Å². The maximum absolute atomic E-state index is 13.6. The molecule has 0 aliphatic carbocycles. The smallest absolute Gasteiger partial charge is 0.272 e. The quantitative estimate of drug-likeness (QED) is 0.517. The third kappa shape index (κ3) is 6.04. The Kier molecular flexibility index (Phi) is 8.56. The highest BCUT2D eigenvalue weighted by Gasteiger charge is 2.34.